The summed E-state index contributed by atoms with van der Waals surface area (Å²) in [6, 6.07) is 64.7. The van der Waals surface area contributed by atoms with E-state index in [1.54, 1.807) is 0 Å². The van der Waals surface area contributed by atoms with Crippen LogP contribution < -0.4 is 14.5 Å². The quantitative estimate of drug-likeness (QED) is 0.149. The Bertz CT molecular complexity index is 3830. The Morgan fingerprint density at radius 3 is 1.90 bits per heavy atom. The van der Waals surface area contributed by atoms with Crippen LogP contribution in [-0.4, -0.2) is 23.7 Å². The Balaban J connectivity index is 0.00000468. The van der Waals surface area contributed by atoms with E-state index in [1.807, 2.05) is 36.7 Å². The van der Waals surface area contributed by atoms with Gasteiger partial charge in [0, 0.05) is 114 Å². The van der Waals surface area contributed by atoms with Gasteiger partial charge < -0.3 is 28.2 Å². The van der Waals surface area contributed by atoms with Crippen molar-refractivity contribution in [2.75, 3.05) is 9.80 Å². The Labute approximate surface area is 402 Å². The summed E-state index contributed by atoms with van der Waals surface area (Å²) in [5, 5.41) is 5.88. The van der Waals surface area contributed by atoms with Crippen LogP contribution in [0.3, 0.4) is 0 Å². The summed E-state index contributed by atoms with van der Waals surface area (Å²) in [4.78, 5) is 14.3. The fourth-order valence-corrected chi connectivity index (χ4v) is 10.4. The van der Waals surface area contributed by atoms with Gasteiger partial charge in [-0.25, -0.2) is 4.98 Å². The monoisotopic (exact) mass is 1050 g/mol. The van der Waals surface area contributed by atoms with Gasteiger partial charge in [-0.15, -0.1) is 42.7 Å². The number of benzene rings is 7. The summed E-state index contributed by atoms with van der Waals surface area (Å²) in [6.07, 6.45) is 3.73. The van der Waals surface area contributed by atoms with E-state index < -0.39 is 0 Å². The van der Waals surface area contributed by atoms with Gasteiger partial charge in [0.15, 0.2) is 0 Å². The zero-order valence-corrected chi connectivity index (χ0v) is 39.4. The average Bonchev–Trinajstić information content (AvgIpc) is 4.08. The largest absolute Gasteiger partial charge is 0.509 e. The molecule has 12 aromatic rings. The molecule has 6 heterocycles. The molecule has 1 aliphatic rings. The molecule has 0 aliphatic carbocycles. The topological polar surface area (TPSA) is 56.3 Å². The molecule has 9 heteroatoms. The first-order valence-electron chi connectivity index (χ1n) is 22.3. The smallest absolute Gasteiger partial charge is 0.135 e. The van der Waals surface area contributed by atoms with Crippen LogP contribution in [0.25, 0.3) is 71.4 Å². The number of aryl methyl sites for hydroxylation is 2. The van der Waals surface area contributed by atoms with E-state index in [4.69, 9.17) is 14.7 Å². The molecule has 328 valence electrons. The van der Waals surface area contributed by atoms with Crippen molar-refractivity contribution in [1.82, 2.24) is 23.7 Å². The molecule has 0 radical (unpaired) electrons. The van der Waals surface area contributed by atoms with E-state index in [9.17, 15) is 0 Å². The second-order valence-corrected chi connectivity index (χ2v) is 17.7. The summed E-state index contributed by atoms with van der Waals surface area (Å²) < 4.78 is 13.5. The molecule has 0 fully saturated rings. The van der Waals surface area contributed by atoms with Crippen molar-refractivity contribution in [1.29, 1.82) is 0 Å². The minimum absolute atomic E-state index is 0. The first kappa shape index (κ1) is 40.8. The van der Waals surface area contributed by atoms with Crippen molar-refractivity contribution in [2.24, 2.45) is 14.1 Å². The van der Waals surface area contributed by atoms with Gasteiger partial charge >= 0.3 is 0 Å². The van der Waals surface area contributed by atoms with E-state index in [-0.39, 0.29) is 26.5 Å². The number of aromatic nitrogens is 5. The van der Waals surface area contributed by atoms with Crippen molar-refractivity contribution >= 4 is 88.3 Å². The Kier molecular flexibility index (Phi) is 9.42. The van der Waals surface area contributed by atoms with Crippen molar-refractivity contribution in [3.63, 3.8) is 0 Å². The van der Waals surface area contributed by atoms with Gasteiger partial charge in [-0.1, -0.05) is 104 Å². The summed E-state index contributed by atoms with van der Waals surface area (Å²) in [6.45, 7) is 6.71. The number of anilines is 4. The van der Waals surface area contributed by atoms with Crippen LogP contribution in [0.5, 0.6) is 11.5 Å². The zero-order valence-electron chi connectivity index (χ0n) is 37.2. The molecule has 5 aromatic heterocycles. The van der Waals surface area contributed by atoms with E-state index in [1.165, 1.54) is 49.2 Å². The van der Waals surface area contributed by atoms with Gasteiger partial charge in [-0.3, -0.25) is 4.98 Å². The van der Waals surface area contributed by atoms with Crippen molar-refractivity contribution in [3.05, 3.63) is 206 Å². The van der Waals surface area contributed by atoms with Crippen LogP contribution >= 0.6 is 0 Å². The number of fused-ring (bicyclic) bond motifs is 10. The van der Waals surface area contributed by atoms with Crippen LogP contribution in [0.15, 0.2) is 176 Å². The minimum atomic E-state index is -0.245. The molecule has 0 spiro atoms. The maximum atomic E-state index is 6.70. The van der Waals surface area contributed by atoms with Gasteiger partial charge in [0.25, 0.3) is 0 Å². The number of para-hydroxylation sites is 4. The number of hydrogen-bond acceptors (Lipinski definition) is 5. The molecule has 0 atom stereocenters. The van der Waals surface area contributed by atoms with Gasteiger partial charge in [0.1, 0.15) is 5.82 Å². The Morgan fingerprint density at radius 2 is 1.16 bits per heavy atom. The summed E-state index contributed by atoms with van der Waals surface area (Å²) in [7, 11) is 4.36. The van der Waals surface area contributed by atoms with Crippen LogP contribution in [0.4, 0.5) is 22.7 Å². The second-order valence-electron chi connectivity index (χ2n) is 17.7. The molecule has 0 amide bonds. The van der Waals surface area contributed by atoms with E-state index >= 15 is 0 Å². The number of ether oxygens (including phenoxy) is 1. The third-order valence-electron chi connectivity index (χ3n) is 13.7. The standard InChI is InChI=1S/C58H42N7O.Pt/c1-58(2,37-16-6-5-7-17-37)38-29-31-59-53(32-38)65-51-26-15-30-60-54(51)44-28-27-41(34-52(44)65)66-40-19-14-18-39(33-40)63-36-64(50-25-13-12-24-49(50)63)57-55-45(42-20-8-10-22-47(42)61(55)3)35-46-43-21-9-11-23-48(43)62(4)56(46)57;/h5-32,35-36H,1-4H3;/q-3;. The molecular formula is C58H42N7OPt-3. The van der Waals surface area contributed by atoms with Crippen molar-refractivity contribution < 1.29 is 25.8 Å². The molecule has 13 rings (SSSR count). The Morgan fingerprint density at radius 1 is 0.522 bits per heavy atom. The summed E-state index contributed by atoms with van der Waals surface area (Å²) in [5.41, 5.74) is 13.6. The summed E-state index contributed by atoms with van der Waals surface area (Å²) in [5.74, 6) is 1.93. The van der Waals surface area contributed by atoms with Gasteiger partial charge in [0.2, 0.25) is 0 Å². The molecule has 0 unspecified atom stereocenters. The van der Waals surface area contributed by atoms with Crippen molar-refractivity contribution in [2.45, 2.75) is 19.3 Å². The predicted molar refractivity (Wildman–Crippen MR) is 269 cm³/mol. The molecule has 67 heavy (non-hydrogen) atoms. The number of rotatable bonds is 7. The number of hydrogen-bond donors (Lipinski definition) is 0. The van der Waals surface area contributed by atoms with E-state index in [0.29, 0.717) is 11.5 Å². The first-order chi connectivity index (χ1) is 32.3. The van der Waals surface area contributed by atoms with Gasteiger partial charge in [-0.05, 0) is 65.7 Å². The normalized spacial score (nSPS) is 12.8. The maximum Gasteiger partial charge on any atom is 0.135 e. The van der Waals surface area contributed by atoms with E-state index in [0.717, 1.165) is 56.1 Å². The first-order valence-corrected chi connectivity index (χ1v) is 22.3. The fourth-order valence-electron chi connectivity index (χ4n) is 10.4. The SMILES string of the molecule is Cn1c2ccccc2c2cc3c4ccccc4n(C)c3c(N3[CH-]N(c4[c-]c(Oc5[c-]c6c(cc5)c5ncccc5n6-c5cc(C(C)(C)c6ccccc6)ccn5)ccc4)c4ccccc43)c21.[Pt]. The van der Waals surface area contributed by atoms with Crippen LogP contribution in [0.2, 0.25) is 0 Å². The van der Waals surface area contributed by atoms with Crippen LogP contribution in [0, 0.1) is 18.8 Å². The molecule has 0 N–H and O–H groups in total. The van der Waals surface area contributed by atoms with Crippen molar-refractivity contribution in [3.8, 4) is 17.3 Å². The Hall–Kier alpha value is -7.67. The molecule has 0 saturated heterocycles. The average molecular weight is 1050 g/mol. The number of nitrogens with zero attached hydrogens (tertiary/aromatic N) is 7. The maximum absolute atomic E-state index is 6.70. The second kappa shape index (κ2) is 15.5. The molecule has 0 bridgehead atoms. The van der Waals surface area contributed by atoms with Crippen LogP contribution in [0.1, 0.15) is 25.0 Å². The summed E-state index contributed by atoms with van der Waals surface area (Å²) >= 11 is 0. The molecule has 7 aromatic carbocycles. The zero-order chi connectivity index (χ0) is 44.3. The molecular weight excluding hydrogens is 1010 g/mol. The number of pyridine rings is 2. The van der Waals surface area contributed by atoms with Crippen LogP contribution in [-0.2, 0) is 40.6 Å². The third kappa shape index (κ3) is 6.16. The predicted octanol–water partition coefficient (Wildman–Crippen LogP) is 14.0. The van der Waals surface area contributed by atoms with Gasteiger partial charge in [-0.2, -0.15) is 12.1 Å². The van der Waals surface area contributed by atoms with Gasteiger partial charge in [0.05, 0.1) is 22.2 Å². The minimum Gasteiger partial charge on any atom is -0.509 e. The molecule has 0 saturated carbocycles. The molecule has 8 nitrogen and oxygen atoms in total. The molecule has 1 aliphatic heterocycles. The van der Waals surface area contributed by atoms with E-state index in [2.05, 4.69) is 210 Å². The third-order valence-corrected chi connectivity index (χ3v) is 13.7. The fraction of sp³-hybridized carbons (Fsp3) is 0.0862.